The first kappa shape index (κ1) is 20.1. The van der Waals surface area contributed by atoms with Crippen molar-refractivity contribution in [2.24, 2.45) is 0 Å². The summed E-state index contributed by atoms with van der Waals surface area (Å²) >= 11 is 0. The molecule has 0 aliphatic carbocycles. The number of amides is 1. The molecule has 0 saturated carbocycles. The Morgan fingerprint density at radius 2 is 1.76 bits per heavy atom. The number of aromatic nitrogens is 1. The normalized spacial score (nSPS) is 11.4. The van der Waals surface area contributed by atoms with Crippen molar-refractivity contribution in [3.05, 3.63) is 89.7 Å². The molecule has 1 heterocycles. The van der Waals surface area contributed by atoms with Crippen molar-refractivity contribution in [2.75, 3.05) is 17.2 Å². The minimum atomic E-state index is -0.483. The van der Waals surface area contributed by atoms with Crippen LogP contribution in [0.5, 0.6) is 0 Å². The Bertz CT molecular complexity index is 989. The lowest BCUT2D eigenvalue weighted by molar-refractivity contribution is 0.0527. The van der Waals surface area contributed by atoms with Crippen LogP contribution < -0.4 is 10.6 Å². The summed E-state index contributed by atoms with van der Waals surface area (Å²) < 4.78 is 5.04. The molecule has 0 bridgehead atoms. The molecule has 0 aliphatic rings. The number of anilines is 2. The van der Waals surface area contributed by atoms with E-state index in [-0.39, 0.29) is 18.3 Å². The van der Waals surface area contributed by atoms with Crippen LogP contribution in [0, 0.1) is 0 Å². The average Bonchev–Trinajstić information content (AvgIpc) is 2.75. The second kappa shape index (κ2) is 9.50. The van der Waals surface area contributed by atoms with Gasteiger partial charge in [-0.3, -0.25) is 9.78 Å². The Morgan fingerprint density at radius 1 is 1.03 bits per heavy atom. The number of pyridine rings is 1. The molecule has 1 atom stereocenters. The molecule has 1 amide bonds. The monoisotopic (exact) mass is 389 g/mol. The van der Waals surface area contributed by atoms with Crippen LogP contribution in [0.15, 0.2) is 72.9 Å². The Labute approximate surface area is 169 Å². The SMILES string of the molecule is CCOC(=O)c1ccccc1NC(=O)c1cc(NC(C)c2ccccc2)ccn1. The van der Waals surface area contributed by atoms with Gasteiger partial charge in [0.25, 0.3) is 5.91 Å². The number of rotatable bonds is 7. The van der Waals surface area contributed by atoms with E-state index in [1.807, 2.05) is 43.3 Å². The van der Waals surface area contributed by atoms with Crippen LogP contribution in [0.3, 0.4) is 0 Å². The molecule has 3 aromatic rings. The Morgan fingerprint density at radius 3 is 2.52 bits per heavy atom. The van der Waals surface area contributed by atoms with Crippen molar-refractivity contribution >= 4 is 23.3 Å². The van der Waals surface area contributed by atoms with E-state index in [9.17, 15) is 9.59 Å². The van der Waals surface area contributed by atoms with Crippen LogP contribution in [-0.4, -0.2) is 23.5 Å². The van der Waals surface area contributed by atoms with Crippen LogP contribution in [0.2, 0.25) is 0 Å². The third-order valence-corrected chi connectivity index (χ3v) is 4.35. The fraction of sp³-hybridized carbons (Fsp3) is 0.174. The Hall–Kier alpha value is -3.67. The lowest BCUT2D eigenvalue weighted by Gasteiger charge is -2.16. The van der Waals surface area contributed by atoms with Crippen molar-refractivity contribution in [3.63, 3.8) is 0 Å². The predicted molar refractivity (Wildman–Crippen MR) is 113 cm³/mol. The second-order valence-electron chi connectivity index (χ2n) is 6.43. The van der Waals surface area contributed by atoms with Gasteiger partial charge in [0.2, 0.25) is 0 Å². The zero-order chi connectivity index (χ0) is 20.6. The van der Waals surface area contributed by atoms with E-state index in [1.165, 1.54) is 0 Å². The van der Waals surface area contributed by atoms with Crippen LogP contribution in [0.25, 0.3) is 0 Å². The van der Waals surface area contributed by atoms with Gasteiger partial charge < -0.3 is 15.4 Å². The van der Waals surface area contributed by atoms with Gasteiger partial charge in [0, 0.05) is 17.9 Å². The highest BCUT2D eigenvalue weighted by Crippen LogP contribution is 2.21. The minimum Gasteiger partial charge on any atom is -0.462 e. The molecule has 0 fully saturated rings. The van der Waals surface area contributed by atoms with Crippen LogP contribution >= 0.6 is 0 Å². The van der Waals surface area contributed by atoms with E-state index in [0.717, 1.165) is 11.3 Å². The van der Waals surface area contributed by atoms with Crippen molar-refractivity contribution in [1.29, 1.82) is 0 Å². The van der Waals surface area contributed by atoms with Gasteiger partial charge in [0.1, 0.15) is 5.69 Å². The number of benzene rings is 2. The average molecular weight is 389 g/mol. The molecule has 0 saturated heterocycles. The zero-order valence-corrected chi connectivity index (χ0v) is 16.4. The fourth-order valence-corrected chi connectivity index (χ4v) is 2.88. The van der Waals surface area contributed by atoms with Crippen molar-refractivity contribution < 1.29 is 14.3 Å². The van der Waals surface area contributed by atoms with Gasteiger partial charge in [-0.1, -0.05) is 42.5 Å². The topological polar surface area (TPSA) is 80.3 Å². The molecule has 1 unspecified atom stereocenters. The summed E-state index contributed by atoms with van der Waals surface area (Å²) in [7, 11) is 0. The van der Waals surface area contributed by atoms with Crippen molar-refractivity contribution in [3.8, 4) is 0 Å². The highest BCUT2D eigenvalue weighted by atomic mass is 16.5. The smallest absolute Gasteiger partial charge is 0.340 e. The van der Waals surface area contributed by atoms with Gasteiger partial charge in [0.05, 0.1) is 17.9 Å². The van der Waals surface area contributed by atoms with E-state index < -0.39 is 11.9 Å². The number of nitrogens with zero attached hydrogens (tertiary/aromatic N) is 1. The van der Waals surface area contributed by atoms with Gasteiger partial charge in [-0.15, -0.1) is 0 Å². The maximum absolute atomic E-state index is 12.7. The first-order chi connectivity index (χ1) is 14.1. The molecule has 3 rings (SSSR count). The first-order valence-corrected chi connectivity index (χ1v) is 9.43. The summed E-state index contributed by atoms with van der Waals surface area (Å²) in [6.07, 6.45) is 1.58. The third-order valence-electron chi connectivity index (χ3n) is 4.35. The van der Waals surface area contributed by atoms with Crippen molar-refractivity contribution in [2.45, 2.75) is 19.9 Å². The molecule has 1 aromatic heterocycles. The number of nitrogens with one attached hydrogen (secondary N) is 2. The number of carbonyl (C=O) groups is 2. The third kappa shape index (κ3) is 5.19. The Kier molecular flexibility index (Phi) is 6.58. The van der Waals surface area contributed by atoms with Gasteiger partial charge in [-0.05, 0) is 43.7 Å². The number of hydrogen-bond acceptors (Lipinski definition) is 5. The summed E-state index contributed by atoms with van der Waals surface area (Å²) in [5.41, 5.74) is 2.84. The summed E-state index contributed by atoms with van der Waals surface area (Å²) in [5, 5.41) is 6.12. The molecule has 148 valence electrons. The summed E-state index contributed by atoms with van der Waals surface area (Å²) in [6, 6.07) is 20.3. The predicted octanol–water partition coefficient (Wildman–Crippen LogP) is 4.68. The minimum absolute atomic E-state index is 0.0686. The molecule has 0 radical (unpaired) electrons. The van der Waals surface area contributed by atoms with Crippen LogP contribution in [-0.2, 0) is 4.74 Å². The Balaban J connectivity index is 1.74. The molecule has 2 N–H and O–H groups in total. The molecule has 6 heteroatoms. The van der Waals surface area contributed by atoms with Gasteiger partial charge >= 0.3 is 5.97 Å². The van der Waals surface area contributed by atoms with Gasteiger partial charge in [-0.25, -0.2) is 4.79 Å². The van der Waals surface area contributed by atoms with E-state index in [2.05, 4.69) is 15.6 Å². The first-order valence-electron chi connectivity index (χ1n) is 9.43. The van der Waals surface area contributed by atoms with Crippen LogP contribution in [0.1, 0.15) is 46.3 Å². The fourth-order valence-electron chi connectivity index (χ4n) is 2.88. The zero-order valence-electron chi connectivity index (χ0n) is 16.4. The maximum Gasteiger partial charge on any atom is 0.340 e. The quantitative estimate of drug-likeness (QED) is 0.573. The van der Waals surface area contributed by atoms with Gasteiger partial charge in [-0.2, -0.15) is 0 Å². The molecule has 0 spiro atoms. The number of hydrogen-bond donors (Lipinski definition) is 2. The number of ether oxygens (including phenoxy) is 1. The van der Waals surface area contributed by atoms with Crippen molar-refractivity contribution in [1.82, 2.24) is 4.98 Å². The number of esters is 1. The lowest BCUT2D eigenvalue weighted by atomic mass is 10.1. The second-order valence-corrected chi connectivity index (χ2v) is 6.43. The molecule has 2 aromatic carbocycles. The highest BCUT2D eigenvalue weighted by molar-refractivity contribution is 6.07. The summed E-state index contributed by atoms with van der Waals surface area (Å²) in [4.78, 5) is 29.0. The molecule has 0 aliphatic heterocycles. The van der Waals surface area contributed by atoms with Gasteiger partial charge in [0.15, 0.2) is 0 Å². The van der Waals surface area contributed by atoms with E-state index in [1.54, 1.807) is 43.5 Å². The standard InChI is InChI=1S/C23H23N3O3/c1-3-29-23(28)19-11-7-8-12-20(19)26-22(27)21-15-18(13-14-24-21)25-16(2)17-9-5-4-6-10-17/h4-16H,3H2,1-2H3,(H,24,25)(H,26,27). The molecular weight excluding hydrogens is 366 g/mol. The number of carbonyl (C=O) groups excluding carboxylic acids is 2. The highest BCUT2D eigenvalue weighted by Gasteiger charge is 2.16. The molecule has 6 nitrogen and oxygen atoms in total. The largest absolute Gasteiger partial charge is 0.462 e. The molecular formula is C23H23N3O3. The van der Waals surface area contributed by atoms with E-state index in [4.69, 9.17) is 4.74 Å². The van der Waals surface area contributed by atoms with Crippen LogP contribution in [0.4, 0.5) is 11.4 Å². The lowest BCUT2D eigenvalue weighted by Crippen LogP contribution is -2.17. The summed E-state index contributed by atoms with van der Waals surface area (Å²) in [6.45, 7) is 4.04. The summed E-state index contributed by atoms with van der Waals surface area (Å²) in [5.74, 6) is -0.888. The maximum atomic E-state index is 12.7. The molecule has 29 heavy (non-hydrogen) atoms. The van der Waals surface area contributed by atoms with E-state index >= 15 is 0 Å². The van der Waals surface area contributed by atoms with E-state index in [0.29, 0.717) is 11.3 Å². The number of para-hydroxylation sites is 1.